The van der Waals surface area contributed by atoms with Crippen molar-refractivity contribution in [3.8, 4) is 0 Å². The molecule has 33 heavy (non-hydrogen) atoms. The molecule has 8 nitrogen and oxygen atoms in total. The van der Waals surface area contributed by atoms with Gasteiger partial charge in [0, 0.05) is 6.21 Å². The van der Waals surface area contributed by atoms with Crippen LogP contribution in [0.5, 0.6) is 0 Å². The first-order valence-corrected chi connectivity index (χ1v) is 9.61. The number of alkyl halides is 3. The van der Waals surface area contributed by atoms with Crippen molar-refractivity contribution in [1.82, 2.24) is 20.2 Å². The van der Waals surface area contributed by atoms with Gasteiger partial charge >= 0.3 is 6.18 Å². The number of pyridine rings is 1. The van der Waals surface area contributed by atoms with Crippen LogP contribution in [0.4, 0.5) is 33.5 Å². The number of hydrogen-bond acceptors (Lipinski definition) is 6. The summed E-state index contributed by atoms with van der Waals surface area (Å²) < 4.78 is 68.3. The molecule has 0 radical (unpaired) electrons. The molecule has 0 saturated heterocycles. The van der Waals surface area contributed by atoms with Gasteiger partial charge in [-0.25, -0.2) is 19.2 Å². The number of hydrogen-bond donors (Lipinski definition) is 2. The number of aromatic nitrogens is 3. The highest BCUT2D eigenvalue weighted by Gasteiger charge is 2.40. The van der Waals surface area contributed by atoms with Gasteiger partial charge in [0.2, 0.25) is 0 Å². The summed E-state index contributed by atoms with van der Waals surface area (Å²) in [4.78, 5) is 16.7. The second-order valence-electron chi connectivity index (χ2n) is 6.77. The molecular formula is C19H13ClF5N7O. The van der Waals surface area contributed by atoms with E-state index >= 15 is 0 Å². The van der Waals surface area contributed by atoms with Gasteiger partial charge in [-0.3, -0.25) is 9.48 Å². The Bertz CT molecular complexity index is 1240. The number of amides is 1. The summed E-state index contributed by atoms with van der Waals surface area (Å²) >= 11 is 6.14. The summed E-state index contributed by atoms with van der Waals surface area (Å²) in [5.74, 6) is -3.23. The Hall–Kier alpha value is -3.58. The molecule has 0 unspecified atom stereocenters. The van der Waals surface area contributed by atoms with Crippen LogP contribution in [-0.2, 0) is 12.7 Å². The molecule has 14 heteroatoms. The van der Waals surface area contributed by atoms with Crippen molar-refractivity contribution in [1.29, 1.82) is 0 Å². The van der Waals surface area contributed by atoms with Crippen molar-refractivity contribution in [2.75, 3.05) is 17.0 Å². The van der Waals surface area contributed by atoms with Gasteiger partial charge in [0.15, 0.2) is 23.1 Å². The first-order valence-electron chi connectivity index (χ1n) is 9.23. The van der Waals surface area contributed by atoms with Crippen LogP contribution in [0.1, 0.15) is 21.6 Å². The fraction of sp³-hybridized carbons (Fsp3) is 0.158. The zero-order valence-electron chi connectivity index (χ0n) is 16.4. The quantitative estimate of drug-likeness (QED) is 0.536. The summed E-state index contributed by atoms with van der Waals surface area (Å²) in [6.07, 6.45) is -1.44. The smallest absolute Gasteiger partial charge is 0.320 e. The highest BCUT2D eigenvalue weighted by atomic mass is 35.5. The van der Waals surface area contributed by atoms with E-state index in [-0.39, 0.29) is 22.1 Å². The number of benzene rings is 1. The van der Waals surface area contributed by atoms with Crippen molar-refractivity contribution >= 4 is 35.2 Å². The number of anilines is 2. The normalized spacial score (nSPS) is 13.6. The van der Waals surface area contributed by atoms with Crippen molar-refractivity contribution in [2.45, 2.75) is 12.7 Å². The van der Waals surface area contributed by atoms with Gasteiger partial charge in [-0.15, -0.1) is 0 Å². The molecule has 0 spiro atoms. The molecule has 0 bridgehead atoms. The monoisotopic (exact) mass is 485 g/mol. The second-order valence-corrected chi connectivity index (χ2v) is 7.17. The fourth-order valence-electron chi connectivity index (χ4n) is 3.05. The zero-order chi connectivity index (χ0) is 23.8. The van der Waals surface area contributed by atoms with Crippen LogP contribution in [0.15, 0.2) is 41.8 Å². The molecule has 0 saturated carbocycles. The average Bonchev–Trinajstić information content (AvgIpc) is 3.41. The van der Waals surface area contributed by atoms with Gasteiger partial charge < -0.3 is 5.32 Å². The second kappa shape index (κ2) is 8.75. The number of carbonyl (C=O) groups is 1. The van der Waals surface area contributed by atoms with Gasteiger partial charge in [0.25, 0.3) is 5.91 Å². The fourth-order valence-corrected chi connectivity index (χ4v) is 3.30. The summed E-state index contributed by atoms with van der Waals surface area (Å²) in [7, 11) is 0. The van der Waals surface area contributed by atoms with Crippen LogP contribution in [0.2, 0.25) is 5.02 Å². The third-order valence-corrected chi connectivity index (χ3v) is 4.76. The Morgan fingerprint density at radius 1 is 1.18 bits per heavy atom. The Balaban J connectivity index is 1.59. The van der Waals surface area contributed by atoms with E-state index in [0.717, 1.165) is 24.4 Å². The van der Waals surface area contributed by atoms with Gasteiger partial charge in [-0.1, -0.05) is 17.7 Å². The van der Waals surface area contributed by atoms with Gasteiger partial charge in [-0.05, 0) is 23.8 Å². The van der Waals surface area contributed by atoms with E-state index in [1.807, 2.05) is 0 Å². The maximum Gasteiger partial charge on any atom is 0.433 e. The van der Waals surface area contributed by atoms with E-state index in [2.05, 4.69) is 25.9 Å². The molecule has 3 aromatic rings. The lowest BCUT2D eigenvalue weighted by Gasteiger charge is -2.15. The Morgan fingerprint density at radius 3 is 2.61 bits per heavy atom. The molecule has 2 N–H and O–H groups in total. The van der Waals surface area contributed by atoms with Crippen molar-refractivity contribution in [3.63, 3.8) is 0 Å². The Labute approximate surface area is 187 Å². The van der Waals surface area contributed by atoms with E-state index in [1.165, 1.54) is 17.4 Å². The summed E-state index contributed by atoms with van der Waals surface area (Å²) in [5.41, 5.74) is 0.798. The largest absolute Gasteiger partial charge is 0.433 e. The Kier molecular flexibility index (Phi) is 5.99. The number of hydrazine groups is 1. The van der Waals surface area contributed by atoms with E-state index in [4.69, 9.17) is 11.6 Å². The van der Waals surface area contributed by atoms with Gasteiger partial charge in [0.05, 0.1) is 41.8 Å². The molecule has 1 aliphatic rings. The first-order chi connectivity index (χ1) is 15.6. The van der Waals surface area contributed by atoms with E-state index in [1.54, 1.807) is 6.21 Å². The lowest BCUT2D eigenvalue weighted by molar-refractivity contribution is -0.144. The molecule has 0 atom stereocenters. The zero-order valence-corrected chi connectivity index (χ0v) is 17.1. The van der Waals surface area contributed by atoms with Crippen LogP contribution >= 0.6 is 11.6 Å². The Morgan fingerprint density at radius 2 is 1.97 bits per heavy atom. The van der Waals surface area contributed by atoms with E-state index < -0.39 is 41.5 Å². The molecular weight excluding hydrogens is 473 g/mol. The van der Waals surface area contributed by atoms with E-state index in [0.29, 0.717) is 11.2 Å². The highest BCUT2D eigenvalue weighted by Crippen LogP contribution is 2.33. The standard InChI is InChI=1S/C19H13ClF5N7O/c20-13-6-11(7-26-17(13)32-27-3-4-28-32)30-18(33)12-8-29-31(16(12)19(23,24)25)9-10-1-2-14(21)15(22)5-10/h1-3,5-8,28H,4,9H2,(H,30,33). The van der Waals surface area contributed by atoms with Crippen molar-refractivity contribution < 1.29 is 26.7 Å². The highest BCUT2D eigenvalue weighted by molar-refractivity contribution is 6.33. The third-order valence-electron chi connectivity index (χ3n) is 4.48. The number of hydrazone groups is 1. The van der Waals surface area contributed by atoms with Crippen molar-refractivity contribution in [2.24, 2.45) is 5.10 Å². The number of halogens is 6. The van der Waals surface area contributed by atoms with Gasteiger partial charge in [-0.2, -0.15) is 28.5 Å². The van der Waals surface area contributed by atoms with Crippen molar-refractivity contribution in [3.05, 3.63) is 70.1 Å². The third kappa shape index (κ3) is 4.78. The van der Waals surface area contributed by atoms with Crippen LogP contribution in [0, 0.1) is 11.6 Å². The number of nitrogens with zero attached hydrogens (tertiary/aromatic N) is 5. The SMILES string of the molecule is O=C(Nc1cnc(N2N=CCN2)c(Cl)c1)c1cnn(Cc2ccc(F)c(F)c2)c1C(F)(F)F. The summed E-state index contributed by atoms with van der Waals surface area (Å²) in [6.45, 7) is -0.0734. The van der Waals surface area contributed by atoms with Gasteiger partial charge in [0.1, 0.15) is 0 Å². The maximum absolute atomic E-state index is 13.7. The molecule has 1 amide bonds. The minimum atomic E-state index is -4.96. The molecule has 3 heterocycles. The number of nitrogens with one attached hydrogen (secondary N) is 2. The van der Waals surface area contributed by atoms with Crippen LogP contribution in [0.3, 0.4) is 0 Å². The number of carbonyl (C=O) groups excluding carboxylic acids is 1. The lowest BCUT2D eigenvalue weighted by Crippen LogP contribution is -2.29. The molecule has 1 aromatic carbocycles. The first kappa shape index (κ1) is 22.6. The predicted octanol–water partition coefficient (Wildman–Crippen LogP) is 3.84. The number of rotatable bonds is 5. The van der Waals surface area contributed by atoms with Crippen LogP contribution in [0.25, 0.3) is 0 Å². The minimum Gasteiger partial charge on any atom is -0.320 e. The predicted molar refractivity (Wildman–Crippen MR) is 109 cm³/mol. The maximum atomic E-state index is 13.7. The average molecular weight is 486 g/mol. The molecule has 4 rings (SSSR count). The molecule has 0 fully saturated rings. The van der Waals surface area contributed by atoms with E-state index in [9.17, 15) is 26.7 Å². The summed E-state index contributed by atoms with van der Waals surface area (Å²) in [5, 5.41) is 11.3. The molecule has 1 aliphatic heterocycles. The van der Waals surface area contributed by atoms with Crippen LogP contribution < -0.4 is 15.9 Å². The molecule has 172 valence electrons. The molecule has 0 aliphatic carbocycles. The lowest BCUT2D eigenvalue weighted by atomic mass is 10.2. The summed E-state index contributed by atoms with van der Waals surface area (Å²) in [6, 6.07) is 3.97. The van der Waals surface area contributed by atoms with Crippen LogP contribution in [-0.4, -0.2) is 33.4 Å². The molecule has 2 aromatic heterocycles. The topological polar surface area (TPSA) is 87.4 Å². The minimum absolute atomic E-state index is 0.0270.